The van der Waals surface area contributed by atoms with Gasteiger partial charge in [0.2, 0.25) is 0 Å². The normalized spacial score (nSPS) is 23.8. The van der Waals surface area contributed by atoms with Gasteiger partial charge < -0.3 is 10.0 Å². The molecule has 0 saturated carbocycles. The first kappa shape index (κ1) is 14.3. The molecule has 96 valence electrons. The zero-order valence-corrected chi connectivity index (χ0v) is 11.5. The predicted octanol–water partition coefficient (Wildman–Crippen LogP) is 2.57. The molecule has 0 aromatic carbocycles. The van der Waals surface area contributed by atoms with Crippen LogP contribution >= 0.6 is 12.6 Å². The van der Waals surface area contributed by atoms with Crippen LogP contribution in [0.3, 0.4) is 0 Å². The molecule has 1 saturated heterocycles. The van der Waals surface area contributed by atoms with Gasteiger partial charge in [-0.15, -0.1) is 0 Å². The zero-order chi connectivity index (χ0) is 11.8. The van der Waals surface area contributed by atoms with Gasteiger partial charge in [0.1, 0.15) is 0 Å². The zero-order valence-electron chi connectivity index (χ0n) is 10.6. The van der Waals surface area contributed by atoms with Crippen molar-refractivity contribution in [3.8, 4) is 0 Å². The molecule has 0 aromatic rings. The van der Waals surface area contributed by atoms with Crippen molar-refractivity contribution >= 4 is 12.6 Å². The molecule has 3 heteroatoms. The molecule has 0 aromatic heterocycles. The highest BCUT2D eigenvalue weighted by atomic mass is 32.1. The Morgan fingerprint density at radius 2 is 2.25 bits per heavy atom. The van der Waals surface area contributed by atoms with Gasteiger partial charge in [0.25, 0.3) is 0 Å². The number of hydrogen-bond donors (Lipinski definition) is 2. The van der Waals surface area contributed by atoms with E-state index in [0.717, 1.165) is 24.1 Å². The lowest BCUT2D eigenvalue weighted by Crippen LogP contribution is -2.31. The highest BCUT2D eigenvalue weighted by Gasteiger charge is 2.23. The van der Waals surface area contributed by atoms with Crippen molar-refractivity contribution in [2.75, 3.05) is 25.4 Å². The van der Waals surface area contributed by atoms with Crippen molar-refractivity contribution in [1.29, 1.82) is 0 Å². The summed E-state index contributed by atoms with van der Waals surface area (Å²) in [6, 6.07) is 0.746. The SMILES string of the molecule is CC(CCS)CCN1CCCC1CCCO. The van der Waals surface area contributed by atoms with Gasteiger partial charge in [0.05, 0.1) is 0 Å². The molecule has 0 bridgehead atoms. The van der Waals surface area contributed by atoms with Crippen LogP contribution in [0.25, 0.3) is 0 Å². The first-order valence-corrected chi connectivity index (χ1v) is 7.37. The number of aliphatic hydroxyl groups excluding tert-OH is 1. The number of nitrogens with zero attached hydrogens (tertiary/aromatic N) is 1. The summed E-state index contributed by atoms with van der Waals surface area (Å²) >= 11 is 4.29. The molecule has 1 rings (SSSR count). The number of likely N-dealkylation sites (tertiary alicyclic amines) is 1. The molecule has 1 fully saturated rings. The van der Waals surface area contributed by atoms with E-state index in [4.69, 9.17) is 5.11 Å². The second-order valence-corrected chi connectivity index (χ2v) is 5.55. The Kier molecular flexibility index (Phi) is 7.50. The lowest BCUT2D eigenvalue weighted by atomic mass is 10.0. The van der Waals surface area contributed by atoms with E-state index in [-0.39, 0.29) is 0 Å². The average molecular weight is 245 g/mol. The molecule has 0 aliphatic carbocycles. The van der Waals surface area contributed by atoms with E-state index in [2.05, 4.69) is 24.5 Å². The summed E-state index contributed by atoms with van der Waals surface area (Å²) < 4.78 is 0. The molecule has 1 N–H and O–H groups in total. The van der Waals surface area contributed by atoms with Gasteiger partial charge in [-0.2, -0.15) is 12.6 Å². The summed E-state index contributed by atoms with van der Waals surface area (Å²) in [5, 5.41) is 8.87. The van der Waals surface area contributed by atoms with Crippen LogP contribution in [-0.2, 0) is 0 Å². The summed E-state index contributed by atoms with van der Waals surface area (Å²) in [7, 11) is 0. The molecule has 2 nitrogen and oxygen atoms in total. The number of hydrogen-bond acceptors (Lipinski definition) is 3. The summed E-state index contributed by atoms with van der Waals surface area (Å²) in [4.78, 5) is 2.63. The van der Waals surface area contributed by atoms with E-state index in [1.807, 2.05) is 0 Å². The Hall–Kier alpha value is 0.270. The third kappa shape index (κ3) is 5.07. The fraction of sp³-hybridized carbons (Fsp3) is 1.00. The van der Waals surface area contributed by atoms with Gasteiger partial charge >= 0.3 is 0 Å². The van der Waals surface area contributed by atoms with Crippen LogP contribution in [0.4, 0.5) is 0 Å². The minimum atomic E-state index is 0.348. The number of aliphatic hydroxyl groups is 1. The van der Waals surface area contributed by atoms with Crippen molar-refractivity contribution in [3.05, 3.63) is 0 Å². The van der Waals surface area contributed by atoms with Gasteiger partial charge in [0.15, 0.2) is 0 Å². The van der Waals surface area contributed by atoms with Crippen LogP contribution in [0.2, 0.25) is 0 Å². The molecular weight excluding hydrogens is 218 g/mol. The third-order valence-electron chi connectivity index (χ3n) is 3.73. The smallest absolute Gasteiger partial charge is 0.0431 e. The highest BCUT2D eigenvalue weighted by Crippen LogP contribution is 2.22. The summed E-state index contributed by atoms with van der Waals surface area (Å²) in [5.74, 6) is 1.81. The Bertz CT molecular complexity index is 177. The molecule has 0 amide bonds. The van der Waals surface area contributed by atoms with Crippen LogP contribution in [0.15, 0.2) is 0 Å². The lowest BCUT2D eigenvalue weighted by Gasteiger charge is -2.25. The van der Waals surface area contributed by atoms with Gasteiger partial charge in [-0.25, -0.2) is 0 Å². The fourth-order valence-electron chi connectivity index (χ4n) is 2.59. The van der Waals surface area contributed by atoms with Crippen molar-refractivity contribution in [2.24, 2.45) is 5.92 Å². The number of rotatable bonds is 8. The standard InChI is InChI=1S/C13H27NOS/c1-12(7-11-16)6-9-14-8-2-4-13(14)5-3-10-15/h12-13,15-16H,2-11H2,1H3. The van der Waals surface area contributed by atoms with E-state index in [1.165, 1.54) is 45.2 Å². The van der Waals surface area contributed by atoms with E-state index >= 15 is 0 Å². The Morgan fingerprint density at radius 3 is 2.94 bits per heavy atom. The van der Waals surface area contributed by atoms with E-state index in [1.54, 1.807) is 0 Å². The van der Waals surface area contributed by atoms with Crippen molar-refractivity contribution in [1.82, 2.24) is 4.90 Å². The highest BCUT2D eigenvalue weighted by molar-refractivity contribution is 7.80. The van der Waals surface area contributed by atoms with Crippen LogP contribution in [0.1, 0.15) is 45.4 Å². The topological polar surface area (TPSA) is 23.5 Å². The summed E-state index contributed by atoms with van der Waals surface area (Å²) in [6.07, 6.45) is 7.36. The van der Waals surface area contributed by atoms with E-state index in [9.17, 15) is 0 Å². The number of thiol groups is 1. The van der Waals surface area contributed by atoms with Gasteiger partial charge in [-0.3, -0.25) is 0 Å². The molecule has 1 aliphatic heterocycles. The average Bonchev–Trinajstić information content (AvgIpc) is 2.71. The Balaban J connectivity index is 2.18. The van der Waals surface area contributed by atoms with Crippen molar-refractivity contribution in [2.45, 2.75) is 51.5 Å². The molecule has 1 aliphatic rings. The second kappa shape index (κ2) is 8.37. The lowest BCUT2D eigenvalue weighted by molar-refractivity contribution is 0.206. The van der Waals surface area contributed by atoms with Gasteiger partial charge in [-0.1, -0.05) is 6.92 Å². The molecule has 1 heterocycles. The maximum absolute atomic E-state index is 8.87. The molecular formula is C13H27NOS. The maximum Gasteiger partial charge on any atom is 0.0431 e. The third-order valence-corrected chi connectivity index (χ3v) is 3.98. The molecule has 0 radical (unpaired) electrons. The second-order valence-electron chi connectivity index (χ2n) is 5.10. The summed E-state index contributed by atoms with van der Waals surface area (Å²) in [6.45, 7) is 5.18. The largest absolute Gasteiger partial charge is 0.396 e. The predicted molar refractivity (Wildman–Crippen MR) is 73.2 cm³/mol. The van der Waals surface area contributed by atoms with Gasteiger partial charge in [-0.05, 0) is 63.3 Å². The van der Waals surface area contributed by atoms with Crippen LogP contribution < -0.4 is 0 Å². The van der Waals surface area contributed by atoms with E-state index in [0.29, 0.717) is 6.61 Å². The first-order valence-electron chi connectivity index (χ1n) is 6.73. The monoisotopic (exact) mass is 245 g/mol. The van der Waals surface area contributed by atoms with Crippen LogP contribution in [0.5, 0.6) is 0 Å². The fourth-order valence-corrected chi connectivity index (χ4v) is 3.04. The minimum Gasteiger partial charge on any atom is -0.396 e. The van der Waals surface area contributed by atoms with Crippen molar-refractivity contribution < 1.29 is 5.11 Å². The quantitative estimate of drug-likeness (QED) is 0.642. The Morgan fingerprint density at radius 1 is 1.44 bits per heavy atom. The molecule has 16 heavy (non-hydrogen) atoms. The molecule has 2 atom stereocenters. The van der Waals surface area contributed by atoms with Crippen LogP contribution in [-0.4, -0.2) is 41.5 Å². The van der Waals surface area contributed by atoms with Gasteiger partial charge in [0, 0.05) is 12.6 Å². The van der Waals surface area contributed by atoms with Crippen molar-refractivity contribution in [3.63, 3.8) is 0 Å². The maximum atomic E-state index is 8.87. The minimum absolute atomic E-state index is 0.348. The Labute approximate surface area is 106 Å². The molecule has 0 spiro atoms. The van der Waals surface area contributed by atoms with E-state index < -0.39 is 0 Å². The molecule has 2 unspecified atom stereocenters. The first-order chi connectivity index (χ1) is 7.77. The van der Waals surface area contributed by atoms with Crippen LogP contribution in [0, 0.1) is 5.92 Å². The summed E-state index contributed by atoms with van der Waals surface area (Å²) in [5.41, 5.74) is 0.